The number of nitrogens with one attached hydrogen (secondary N) is 1. The van der Waals surface area contributed by atoms with Crippen LogP contribution in [-0.4, -0.2) is 22.1 Å². The molecule has 2 aromatic heterocycles. The molecule has 4 aromatic rings. The fraction of sp³-hybridized carbons (Fsp3) is 0.136. The highest BCUT2D eigenvalue weighted by Crippen LogP contribution is 2.29. The van der Waals surface area contributed by atoms with Crippen LogP contribution in [0.15, 0.2) is 70.0 Å². The second kappa shape index (κ2) is 8.93. The fourth-order valence-corrected chi connectivity index (χ4v) is 3.03. The number of carbonyl (C=O) groups excluding carboxylic acids is 1. The average Bonchev–Trinajstić information content (AvgIpc) is 3.14. The molecule has 0 fully saturated rings. The van der Waals surface area contributed by atoms with Crippen molar-refractivity contribution >= 4 is 28.8 Å². The van der Waals surface area contributed by atoms with Gasteiger partial charge in [-0.1, -0.05) is 29.8 Å². The number of halogens is 1. The van der Waals surface area contributed by atoms with Gasteiger partial charge in [-0.15, -0.1) is 4.57 Å². The first-order valence-electron chi connectivity index (χ1n) is 9.37. The van der Waals surface area contributed by atoms with Crippen LogP contribution >= 0.6 is 11.6 Å². The summed E-state index contributed by atoms with van der Waals surface area (Å²) < 4.78 is 17.6. The number of hydrogen-bond acceptors (Lipinski definition) is 6. The zero-order chi connectivity index (χ0) is 21.8. The number of anilines is 1. The number of carbonyl (C=O) groups is 1. The van der Waals surface area contributed by atoms with Gasteiger partial charge in [-0.2, -0.15) is 0 Å². The van der Waals surface area contributed by atoms with Crippen LogP contribution in [0.1, 0.15) is 11.5 Å². The standard InChI is InChI=1S/C22H18ClN3O5/c1-14-9-20-24-16(11-22(28)26(20)31-14)12-30-19-10-15(23)7-8-18(19)25-21(27)13-29-17-5-3-2-4-6-17/h2-11H,12-13H2,1H3,(H,25,27). The lowest BCUT2D eigenvalue weighted by Crippen LogP contribution is -2.20. The third-order valence-corrected chi connectivity index (χ3v) is 4.47. The van der Waals surface area contributed by atoms with E-state index in [1.807, 2.05) is 18.2 Å². The van der Waals surface area contributed by atoms with E-state index in [1.165, 1.54) is 6.07 Å². The molecular formula is C22H18ClN3O5. The molecule has 158 valence electrons. The van der Waals surface area contributed by atoms with E-state index in [4.69, 9.17) is 25.6 Å². The maximum Gasteiger partial charge on any atom is 0.287 e. The lowest BCUT2D eigenvalue weighted by molar-refractivity contribution is -0.118. The molecule has 0 unspecified atom stereocenters. The van der Waals surface area contributed by atoms with E-state index >= 15 is 0 Å². The Morgan fingerprint density at radius 1 is 1.13 bits per heavy atom. The van der Waals surface area contributed by atoms with E-state index in [9.17, 15) is 9.59 Å². The number of amides is 1. The number of aryl methyl sites for hydroxylation is 1. The van der Waals surface area contributed by atoms with Gasteiger partial charge < -0.3 is 19.3 Å². The maximum atomic E-state index is 12.3. The maximum absolute atomic E-state index is 12.3. The molecule has 0 aliphatic rings. The summed E-state index contributed by atoms with van der Waals surface area (Å²) in [6.45, 7) is 1.56. The molecule has 2 aromatic carbocycles. The second-order valence-corrected chi connectivity index (χ2v) is 7.10. The molecule has 0 aliphatic heterocycles. The molecule has 4 rings (SSSR count). The van der Waals surface area contributed by atoms with Crippen LogP contribution in [0.4, 0.5) is 5.69 Å². The van der Waals surface area contributed by atoms with Crippen LogP contribution in [0.25, 0.3) is 5.65 Å². The number of para-hydroxylation sites is 1. The highest BCUT2D eigenvalue weighted by molar-refractivity contribution is 6.30. The van der Waals surface area contributed by atoms with Gasteiger partial charge in [0.05, 0.1) is 11.4 Å². The van der Waals surface area contributed by atoms with Gasteiger partial charge in [0, 0.05) is 23.2 Å². The summed E-state index contributed by atoms with van der Waals surface area (Å²) in [5.41, 5.74) is 0.870. The Morgan fingerprint density at radius 2 is 1.94 bits per heavy atom. The summed E-state index contributed by atoms with van der Waals surface area (Å²) in [7, 11) is 0. The van der Waals surface area contributed by atoms with Crippen molar-refractivity contribution in [3.63, 3.8) is 0 Å². The molecule has 9 heteroatoms. The topological polar surface area (TPSA) is 95.1 Å². The van der Waals surface area contributed by atoms with Crippen molar-refractivity contribution in [1.82, 2.24) is 9.56 Å². The molecule has 1 amide bonds. The molecule has 8 nitrogen and oxygen atoms in total. The number of fused-ring (bicyclic) bond motifs is 1. The van der Waals surface area contributed by atoms with Crippen LogP contribution < -0.4 is 20.3 Å². The number of hydrogen-bond donors (Lipinski definition) is 1. The normalized spacial score (nSPS) is 10.8. The van der Waals surface area contributed by atoms with Gasteiger partial charge >= 0.3 is 0 Å². The van der Waals surface area contributed by atoms with E-state index in [0.29, 0.717) is 39.3 Å². The molecule has 31 heavy (non-hydrogen) atoms. The Labute approximate surface area is 182 Å². The molecule has 1 N–H and O–H groups in total. The molecule has 0 saturated heterocycles. The lowest BCUT2D eigenvalue weighted by Gasteiger charge is -2.13. The number of aromatic nitrogens is 2. The quantitative estimate of drug-likeness (QED) is 0.470. The van der Waals surface area contributed by atoms with Gasteiger partial charge in [-0.25, -0.2) is 4.98 Å². The molecule has 0 bridgehead atoms. The predicted molar refractivity (Wildman–Crippen MR) is 115 cm³/mol. The average molecular weight is 440 g/mol. The Kier molecular flexibility index (Phi) is 5.90. The highest BCUT2D eigenvalue weighted by atomic mass is 35.5. The summed E-state index contributed by atoms with van der Waals surface area (Å²) in [6, 6.07) is 16.8. The molecule has 0 radical (unpaired) electrons. The highest BCUT2D eigenvalue weighted by Gasteiger charge is 2.12. The summed E-state index contributed by atoms with van der Waals surface area (Å²) in [5.74, 6) is 1.14. The van der Waals surface area contributed by atoms with Crippen molar-refractivity contribution in [1.29, 1.82) is 0 Å². The van der Waals surface area contributed by atoms with Gasteiger partial charge in [0.15, 0.2) is 12.3 Å². The van der Waals surface area contributed by atoms with Gasteiger partial charge in [0.2, 0.25) is 0 Å². The van der Waals surface area contributed by atoms with E-state index in [1.54, 1.807) is 43.3 Å². The van der Waals surface area contributed by atoms with Crippen LogP contribution in [0, 0.1) is 6.92 Å². The zero-order valence-corrected chi connectivity index (χ0v) is 17.3. The third kappa shape index (κ3) is 5.04. The van der Waals surface area contributed by atoms with Crippen LogP contribution in [-0.2, 0) is 11.4 Å². The van der Waals surface area contributed by atoms with E-state index in [-0.39, 0.29) is 24.7 Å². The molecule has 0 atom stereocenters. The van der Waals surface area contributed by atoms with E-state index in [0.717, 1.165) is 4.57 Å². The fourth-order valence-electron chi connectivity index (χ4n) is 2.87. The van der Waals surface area contributed by atoms with E-state index < -0.39 is 0 Å². The van der Waals surface area contributed by atoms with Crippen molar-refractivity contribution in [2.24, 2.45) is 0 Å². The van der Waals surface area contributed by atoms with Crippen LogP contribution in [0.5, 0.6) is 11.5 Å². The first kappa shape index (κ1) is 20.5. The number of nitrogens with zero attached hydrogens (tertiary/aromatic N) is 2. The first-order valence-corrected chi connectivity index (χ1v) is 9.75. The zero-order valence-electron chi connectivity index (χ0n) is 16.5. The van der Waals surface area contributed by atoms with Crippen molar-refractivity contribution in [3.8, 4) is 11.5 Å². The predicted octanol–water partition coefficient (Wildman–Crippen LogP) is 3.85. The van der Waals surface area contributed by atoms with Crippen LogP contribution in [0.3, 0.4) is 0 Å². The SMILES string of the molecule is Cc1cc2nc(COc3cc(Cl)ccc3NC(=O)COc3ccccc3)cc(=O)n2o1. The smallest absolute Gasteiger partial charge is 0.287 e. The van der Waals surface area contributed by atoms with Crippen molar-refractivity contribution in [2.45, 2.75) is 13.5 Å². The molecule has 0 spiro atoms. The summed E-state index contributed by atoms with van der Waals surface area (Å²) in [5, 5.41) is 3.17. The van der Waals surface area contributed by atoms with Crippen molar-refractivity contribution < 1.29 is 18.8 Å². The third-order valence-electron chi connectivity index (χ3n) is 4.23. The van der Waals surface area contributed by atoms with Crippen molar-refractivity contribution in [3.05, 3.63) is 87.5 Å². The molecule has 0 saturated carbocycles. The summed E-state index contributed by atoms with van der Waals surface area (Å²) >= 11 is 6.08. The Hall–Kier alpha value is -3.78. The Morgan fingerprint density at radius 3 is 2.74 bits per heavy atom. The van der Waals surface area contributed by atoms with Gasteiger partial charge in [-0.3, -0.25) is 9.59 Å². The minimum atomic E-state index is -0.359. The molecule has 2 heterocycles. The lowest BCUT2D eigenvalue weighted by atomic mass is 10.3. The van der Waals surface area contributed by atoms with Crippen molar-refractivity contribution in [2.75, 3.05) is 11.9 Å². The first-order chi connectivity index (χ1) is 15.0. The summed E-state index contributed by atoms with van der Waals surface area (Å²) in [6.07, 6.45) is 0. The largest absolute Gasteiger partial charge is 0.485 e. The van der Waals surface area contributed by atoms with Gasteiger partial charge in [0.25, 0.3) is 11.5 Å². The number of rotatable bonds is 7. The van der Waals surface area contributed by atoms with Gasteiger partial charge in [0.1, 0.15) is 23.9 Å². The second-order valence-electron chi connectivity index (χ2n) is 6.66. The Balaban J connectivity index is 1.45. The summed E-state index contributed by atoms with van der Waals surface area (Å²) in [4.78, 5) is 28.8. The Bertz CT molecular complexity index is 1280. The van der Waals surface area contributed by atoms with E-state index in [2.05, 4.69) is 10.3 Å². The minimum absolute atomic E-state index is 0.000302. The monoisotopic (exact) mass is 439 g/mol. The van der Waals surface area contributed by atoms with Crippen LogP contribution in [0.2, 0.25) is 5.02 Å². The molecule has 0 aliphatic carbocycles. The minimum Gasteiger partial charge on any atom is -0.485 e. The van der Waals surface area contributed by atoms with Gasteiger partial charge in [-0.05, 0) is 31.2 Å². The molecular weight excluding hydrogens is 422 g/mol. The number of benzene rings is 2. The number of ether oxygens (including phenoxy) is 2.